The smallest absolute Gasteiger partial charge is 0.350 e. The van der Waals surface area contributed by atoms with Crippen molar-refractivity contribution in [1.82, 2.24) is 4.90 Å². The number of carbonyl (C=O) groups is 2. The molecule has 0 saturated carbocycles. The van der Waals surface area contributed by atoms with Gasteiger partial charge in [-0.15, -0.1) is 0 Å². The fourth-order valence-electron chi connectivity index (χ4n) is 2.84. The number of likely N-dealkylation sites (N-methyl/N-ethyl adjacent to an activating group) is 1. The zero-order chi connectivity index (χ0) is 20.6. The zero-order valence-electron chi connectivity index (χ0n) is 14.4. The van der Waals surface area contributed by atoms with Gasteiger partial charge in [0.05, 0.1) is 16.2 Å². The molecule has 2 aromatic carbocycles. The van der Waals surface area contributed by atoms with Crippen LogP contribution in [0.15, 0.2) is 48.2 Å². The van der Waals surface area contributed by atoms with Crippen molar-refractivity contribution in [2.75, 3.05) is 11.9 Å². The summed E-state index contributed by atoms with van der Waals surface area (Å²) in [5.74, 6) is -1.24. The third-order valence-corrected chi connectivity index (χ3v) is 4.69. The zero-order valence-corrected chi connectivity index (χ0v) is 15.9. The Labute approximate surface area is 168 Å². The Bertz CT molecular complexity index is 1000. The molecule has 0 aromatic heterocycles. The normalized spacial score (nSPS) is 14.9. The largest absolute Gasteiger partial charge is 0.416 e. The number of benzene rings is 2. The lowest BCUT2D eigenvalue weighted by atomic mass is 10.0. The van der Waals surface area contributed by atoms with Crippen LogP contribution in [-0.4, -0.2) is 23.3 Å². The molecule has 1 N–H and O–H groups in total. The van der Waals surface area contributed by atoms with Gasteiger partial charge in [0.2, 0.25) is 0 Å². The summed E-state index contributed by atoms with van der Waals surface area (Å²) in [4.78, 5) is 26.4. The molecule has 146 valence electrons. The molecular weight excluding hydrogens is 416 g/mol. The van der Waals surface area contributed by atoms with Gasteiger partial charge in [-0.2, -0.15) is 13.2 Å². The molecule has 2 aromatic rings. The van der Waals surface area contributed by atoms with Crippen LogP contribution in [0, 0.1) is 0 Å². The summed E-state index contributed by atoms with van der Waals surface area (Å²) in [7, 11) is 0. The van der Waals surface area contributed by atoms with Crippen LogP contribution in [0.4, 0.5) is 18.9 Å². The van der Waals surface area contributed by atoms with E-state index in [0.717, 1.165) is 17.0 Å². The summed E-state index contributed by atoms with van der Waals surface area (Å²) in [5.41, 5.74) is -0.768. The maximum absolute atomic E-state index is 13.0. The average Bonchev–Trinajstić information content (AvgIpc) is 2.85. The standard InChI is InChI=1S/C19H13Cl2F3N2O2/c1-2-26-17(27)15(13-7-6-11(20)9-14(13)21)16(18(26)28)25-12-5-3-4-10(8-12)19(22,23)24/h3-9,25H,2H2,1H3. The molecule has 4 nitrogen and oxygen atoms in total. The number of amides is 2. The molecule has 2 amide bonds. The molecule has 1 aliphatic rings. The molecule has 28 heavy (non-hydrogen) atoms. The molecular formula is C19H13Cl2F3N2O2. The number of hydrogen-bond acceptors (Lipinski definition) is 3. The number of halogens is 5. The summed E-state index contributed by atoms with van der Waals surface area (Å²) in [6.07, 6.45) is -4.54. The van der Waals surface area contributed by atoms with Crippen molar-refractivity contribution in [3.05, 3.63) is 69.3 Å². The van der Waals surface area contributed by atoms with Gasteiger partial charge in [-0.1, -0.05) is 35.3 Å². The summed E-state index contributed by atoms with van der Waals surface area (Å²) in [5, 5.41) is 3.15. The fraction of sp³-hybridized carbons (Fsp3) is 0.158. The number of nitrogens with one attached hydrogen (secondary N) is 1. The van der Waals surface area contributed by atoms with E-state index in [1.165, 1.54) is 30.3 Å². The van der Waals surface area contributed by atoms with Gasteiger partial charge in [-0.25, -0.2) is 0 Å². The number of anilines is 1. The third-order valence-electron chi connectivity index (χ3n) is 4.14. The number of nitrogens with zero attached hydrogens (tertiary/aromatic N) is 1. The highest BCUT2D eigenvalue weighted by Crippen LogP contribution is 2.36. The van der Waals surface area contributed by atoms with Crippen molar-refractivity contribution < 1.29 is 22.8 Å². The summed E-state index contributed by atoms with van der Waals surface area (Å²) in [6, 6.07) is 8.76. The van der Waals surface area contributed by atoms with E-state index < -0.39 is 23.6 Å². The molecule has 0 unspecified atom stereocenters. The first kappa shape index (κ1) is 20.2. The van der Waals surface area contributed by atoms with Crippen LogP contribution in [-0.2, 0) is 15.8 Å². The van der Waals surface area contributed by atoms with E-state index in [9.17, 15) is 22.8 Å². The lowest BCUT2D eigenvalue weighted by Gasteiger charge is -2.13. The molecule has 0 spiro atoms. The average molecular weight is 429 g/mol. The van der Waals surface area contributed by atoms with Gasteiger partial charge in [0.15, 0.2) is 0 Å². The van der Waals surface area contributed by atoms with Crippen LogP contribution in [0.1, 0.15) is 18.1 Å². The van der Waals surface area contributed by atoms with Crippen LogP contribution in [0.25, 0.3) is 5.57 Å². The second-order valence-corrected chi connectivity index (χ2v) is 6.78. The quantitative estimate of drug-likeness (QED) is 0.678. The molecule has 0 atom stereocenters. The molecule has 1 aliphatic heterocycles. The predicted octanol–water partition coefficient (Wildman–Crippen LogP) is 5.22. The molecule has 0 radical (unpaired) electrons. The van der Waals surface area contributed by atoms with Crippen LogP contribution >= 0.6 is 23.2 Å². The van der Waals surface area contributed by atoms with Gasteiger partial charge in [-0.05, 0) is 37.3 Å². The SMILES string of the molecule is CCN1C(=O)C(Nc2cccc(C(F)(F)F)c2)=C(c2ccc(Cl)cc2Cl)C1=O. The minimum absolute atomic E-state index is 0.0199. The first-order chi connectivity index (χ1) is 13.1. The van der Waals surface area contributed by atoms with Crippen molar-refractivity contribution in [1.29, 1.82) is 0 Å². The monoisotopic (exact) mass is 428 g/mol. The summed E-state index contributed by atoms with van der Waals surface area (Å²) >= 11 is 12.1. The fourth-order valence-corrected chi connectivity index (χ4v) is 3.34. The predicted molar refractivity (Wildman–Crippen MR) is 101 cm³/mol. The molecule has 0 saturated heterocycles. The highest BCUT2D eigenvalue weighted by atomic mass is 35.5. The van der Waals surface area contributed by atoms with Gasteiger partial charge in [0.25, 0.3) is 11.8 Å². The van der Waals surface area contributed by atoms with Gasteiger partial charge in [0, 0.05) is 22.8 Å². The minimum Gasteiger partial charge on any atom is -0.350 e. The Morgan fingerprint density at radius 3 is 2.36 bits per heavy atom. The van der Waals surface area contributed by atoms with Crippen molar-refractivity contribution in [2.24, 2.45) is 0 Å². The molecule has 9 heteroatoms. The lowest BCUT2D eigenvalue weighted by molar-refractivity contribution is -0.138. The molecule has 0 bridgehead atoms. The Balaban J connectivity index is 2.12. The van der Waals surface area contributed by atoms with E-state index in [2.05, 4.69) is 5.32 Å². The van der Waals surface area contributed by atoms with E-state index in [1.807, 2.05) is 0 Å². The Morgan fingerprint density at radius 1 is 1.04 bits per heavy atom. The van der Waals surface area contributed by atoms with Gasteiger partial charge < -0.3 is 5.32 Å². The van der Waals surface area contributed by atoms with Crippen molar-refractivity contribution >= 4 is 46.3 Å². The van der Waals surface area contributed by atoms with E-state index in [-0.39, 0.29) is 34.1 Å². The number of rotatable bonds is 4. The molecule has 1 heterocycles. The Kier molecular flexibility index (Phi) is 5.41. The van der Waals surface area contributed by atoms with Crippen molar-refractivity contribution in [3.8, 4) is 0 Å². The van der Waals surface area contributed by atoms with Gasteiger partial charge in [-0.3, -0.25) is 14.5 Å². The van der Waals surface area contributed by atoms with E-state index in [4.69, 9.17) is 23.2 Å². The highest BCUT2D eigenvalue weighted by molar-refractivity contribution is 6.41. The topological polar surface area (TPSA) is 49.4 Å². The van der Waals surface area contributed by atoms with Crippen molar-refractivity contribution in [3.63, 3.8) is 0 Å². The maximum atomic E-state index is 13.0. The van der Waals surface area contributed by atoms with Gasteiger partial charge >= 0.3 is 6.18 Å². The second-order valence-electron chi connectivity index (χ2n) is 5.93. The molecule has 0 fully saturated rings. The Morgan fingerprint density at radius 2 is 1.75 bits per heavy atom. The number of carbonyl (C=O) groups excluding carboxylic acids is 2. The first-order valence-corrected chi connectivity index (χ1v) is 8.89. The first-order valence-electron chi connectivity index (χ1n) is 8.13. The van der Waals surface area contributed by atoms with E-state index in [1.54, 1.807) is 6.92 Å². The van der Waals surface area contributed by atoms with E-state index in [0.29, 0.717) is 5.02 Å². The lowest BCUT2D eigenvalue weighted by Crippen LogP contribution is -2.32. The molecule has 0 aliphatic carbocycles. The number of hydrogen-bond donors (Lipinski definition) is 1. The minimum atomic E-state index is -4.54. The Hall–Kier alpha value is -2.51. The second kappa shape index (κ2) is 7.48. The van der Waals surface area contributed by atoms with Crippen LogP contribution in [0.5, 0.6) is 0 Å². The number of alkyl halides is 3. The van der Waals surface area contributed by atoms with Crippen LogP contribution < -0.4 is 5.32 Å². The molecule has 3 rings (SSSR count). The van der Waals surface area contributed by atoms with E-state index >= 15 is 0 Å². The van der Waals surface area contributed by atoms with Crippen LogP contribution in [0.2, 0.25) is 10.0 Å². The van der Waals surface area contributed by atoms with Gasteiger partial charge in [0.1, 0.15) is 5.70 Å². The summed E-state index contributed by atoms with van der Waals surface area (Å²) < 4.78 is 38.9. The third kappa shape index (κ3) is 3.72. The van der Waals surface area contributed by atoms with Crippen molar-refractivity contribution in [2.45, 2.75) is 13.1 Å². The summed E-state index contributed by atoms with van der Waals surface area (Å²) in [6.45, 7) is 1.71. The van der Waals surface area contributed by atoms with Crippen LogP contribution in [0.3, 0.4) is 0 Å². The maximum Gasteiger partial charge on any atom is 0.416 e. The highest BCUT2D eigenvalue weighted by Gasteiger charge is 2.39. The number of imide groups is 1.